The molecule has 1 aliphatic rings. The van der Waals surface area contributed by atoms with Crippen LogP contribution in [0.5, 0.6) is 0 Å². The topological polar surface area (TPSA) is 38.1 Å². The molecular weight excluding hydrogens is 226 g/mol. The van der Waals surface area contributed by atoms with Gasteiger partial charge in [0.2, 0.25) is 0 Å². The minimum Gasteiger partial charge on any atom is -0.340 e. The fourth-order valence-electron chi connectivity index (χ4n) is 2.35. The minimum atomic E-state index is 0.0186. The van der Waals surface area contributed by atoms with Crippen LogP contribution in [0.4, 0.5) is 0 Å². The Balaban J connectivity index is 1.82. The third kappa shape index (κ3) is 1.90. The van der Waals surface area contributed by atoms with Gasteiger partial charge in [-0.1, -0.05) is 24.3 Å². The summed E-state index contributed by atoms with van der Waals surface area (Å²) in [4.78, 5) is 18.3. The number of carbonyl (C=O) groups is 1. The number of amides is 1. The molecule has 92 valence electrons. The number of imidazole rings is 1. The van der Waals surface area contributed by atoms with E-state index in [-0.39, 0.29) is 5.91 Å². The predicted octanol–water partition coefficient (Wildman–Crippen LogP) is 1.62. The lowest BCUT2D eigenvalue weighted by molar-refractivity contribution is 0.0729. The average Bonchev–Trinajstić information content (AvgIpc) is 2.84. The number of nitrogens with zero attached hydrogens (tertiary/aromatic N) is 3. The number of aryl methyl sites for hydroxylation is 1. The molecule has 2 heterocycles. The number of rotatable bonds is 1. The Morgan fingerprint density at radius 2 is 2.06 bits per heavy atom. The monoisotopic (exact) mass is 241 g/mol. The van der Waals surface area contributed by atoms with Gasteiger partial charge >= 0.3 is 0 Å². The molecule has 1 amide bonds. The lowest BCUT2D eigenvalue weighted by atomic mass is 10.00. The molecule has 0 atom stereocenters. The van der Waals surface area contributed by atoms with E-state index in [1.807, 2.05) is 18.0 Å². The van der Waals surface area contributed by atoms with E-state index in [4.69, 9.17) is 0 Å². The molecule has 0 aliphatic carbocycles. The van der Waals surface area contributed by atoms with Gasteiger partial charge in [0.1, 0.15) is 5.69 Å². The van der Waals surface area contributed by atoms with Crippen molar-refractivity contribution in [2.45, 2.75) is 13.0 Å². The van der Waals surface area contributed by atoms with Gasteiger partial charge in [-0.05, 0) is 17.5 Å². The van der Waals surface area contributed by atoms with Gasteiger partial charge < -0.3 is 9.47 Å². The molecule has 0 fully saturated rings. The number of hydrogen-bond acceptors (Lipinski definition) is 2. The molecule has 0 spiro atoms. The van der Waals surface area contributed by atoms with Crippen molar-refractivity contribution in [2.75, 3.05) is 6.54 Å². The van der Waals surface area contributed by atoms with E-state index < -0.39 is 0 Å². The van der Waals surface area contributed by atoms with Crippen LogP contribution in [-0.4, -0.2) is 26.9 Å². The molecule has 4 heteroatoms. The summed E-state index contributed by atoms with van der Waals surface area (Å²) in [6, 6.07) is 8.30. The average molecular weight is 241 g/mol. The molecule has 3 rings (SSSR count). The van der Waals surface area contributed by atoms with Crippen LogP contribution in [0.2, 0.25) is 0 Å². The van der Waals surface area contributed by atoms with E-state index in [2.05, 4.69) is 23.2 Å². The summed E-state index contributed by atoms with van der Waals surface area (Å²) in [5, 5.41) is 0. The van der Waals surface area contributed by atoms with Crippen LogP contribution in [-0.2, 0) is 20.0 Å². The van der Waals surface area contributed by atoms with Gasteiger partial charge in [0, 0.05) is 26.3 Å². The van der Waals surface area contributed by atoms with E-state index in [9.17, 15) is 4.79 Å². The summed E-state index contributed by atoms with van der Waals surface area (Å²) in [5.74, 6) is 0.0186. The number of fused-ring (bicyclic) bond motifs is 1. The lowest BCUT2D eigenvalue weighted by Crippen LogP contribution is -2.36. The van der Waals surface area contributed by atoms with Gasteiger partial charge in [0.25, 0.3) is 5.91 Å². The Bertz CT molecular complexity index is 588. The first kappa shape index (κ1) is 11.0. The molecule has 1 aromatic carbocycles. The molecule has 0 bridgehead atoms. The van der Waals surface area contributed by atoms with Crippen LogP contribution in [0.1, 0.15) is 21.6 Å². The first-order valence-electron chi connectivity index (χ1n) is 6.08. The first-order chi connectivity index (χ1) is 8.74. The summed E-state index contributed by atoms with van der Waals surface area (Å²) in [6.07, 6.45) is 4.35. The second-order valence-electron chi connectivity index (χ2n) is 4.67. The predicted molar refractivity (Wildman–Crippen MR) is 68.1 cm³/mol. The number of carbonyl (C=O) groups excluding carboxylic acids is 1. The molecule has 4 nitrogen and oxygen atoms in total. The first-order valence-corrected chi connectivity index (χ1v) is 6.08. The number of aromatic nitrogens is 2. The highest BCUT2D eigenvalue weighted by atomic mass is 16.2. The van der Waals surface area contributed by atoms with Crippen LogP contribution < -0.4 is 0 Å². The van der Waals surface area contributed by atoms with Crippen molar-refractivity contribution in [3.63, 3.8) is 0 Å². The molecule has 0 unspecified atom stereocenters. The maximum Gasteiger partial charge on any atom is 0.274 e. The van der Waals surface area contributed by atoms with Crippen molar-refractivity contribution in [3.05, 3.63) is 53.6 Å². The van der Waals surface area contributed by atoms with Gasteiger partial charge in [0.05, 0.1) is 6.33 Å². The van der Waals surface area contributed by atoms with E-state index in [0.717, 1.165) is 13.0 Å². The molecular formula is C14H15N3O. The number of hydrogen-bond donors (Lipinski definition) is 0. The van der Waals surface area contributed by atoms with Gasteiger partial charge in [-0.15, -0.1) is 0 Å². The fourth-order valence-corrected chi connectivity index (χ4v) is 2.35. The highest BCUT2D eigenvalue weighted by Crippen LogP contribution is 2.19. The molecule has 1 aliphatic heterocycles. The van der Waals surface area contributed by atoms with E-state index in [0.29, 0.717) is 12.2 Å². The maximum absolute atomic E-state index is 12.3. The van der Waals surface area contributed by atoms with Gasteiger partial charge in [-0.25, -0.2) is 4.98 Å². The largest absolute Gasteiger partial charge is 0.340 e. The Morgan fingerprint density at radius 3 is 2.78 bits per heavy atom. The fraction of sp³-hybridized carbons (Fsp3) is 0.286. The van der Waals surface area contributed by atoms with E-state index in [1.54, 1.807) is 17.1 Å². The van der Waals surface area contributed by atoms with Crippen molar-refractivity contribution in [2.24, 2.45) is 7.05 Å². The standard InChI is InChI=1S/C14H15N3O/c1-16-9-13(15-10-16)14(18)17-7-6-11-4-2-3-5-12(11)8-17/h2-5,9-10H,6-8H2,1H3. The van der Waals surface area contributed by atoms with Crippen LogP contribution in [0.3, 0.4) is 0 Å². The maximum atomic E-state index is 12.3. The highest BCUT2D eigenvalue weighted by molar-refractivity contribution is 5.92. The van der Waals surface area contributed by atoms with E-state index >= 15 is 0 Å². The quantitative estimate of drug-likeness (QED) is 0.761. The van der Waals surface area contributed by atoms with Crippen molar-refractivity contribution in [1.82, 2.24) is 14.5 Å². The Kier molecular flexibility index (Phi) is 2.63. The summed E-state index contributed by atoms with van der Waals surface area (Å²) in [6.45, 7) is 1.46. The summed E-state index contributed by atoms with van der Waals surface area (Å²) < 4.78 is 1.80. The molecule has 18 heavy (non-hydrogen) atoms. The van der Waals surface area contributed by atoms with E-state index in [1.165, 1.54) is 11.1 Å². The Labute approximate surface area is 106 Å². The third-order valence-electron chi connectivity index (χ3n) is 3.34. The minimum absolute atomic E-state index is 0.0186. The highest BCUT2D eigenvalue weighted by Gasteiger charge is 2.22. The second-order valence-corrected chi connectivity index (χ2v) is 4.67. The zero-order chi connectivity index (χ0) is 12.5. The summed E-state index contributed by atoms with van der Waals surface area (Å²) in [7, 11) is 1.87. The van der Waals surface area contributed by atoms with Crippen LogP contribution >= 0.6 is 0 Å². The molecule has 0 saturated heterocycles. The van der Waals surface area contributed by atoms with Crippen LogP contribution in [0, 0.1) is 0 Å². The zero-order valence-corrected chi connectivity index (χ0v) is 10.3. The Morgan fingerprint density at radius 1 is 1.28 bits per heavy atom. The second kappa shape index (κ2) is 4.29. The van der Waals surface area contributed by atoms with Crippen LogP contribution in [0.15, 0.2) is 36.8 Å². The zero-order valence-electron chi connectivity index (χ0n) is 10.3. The lowest BCUT2D eigenvalue weighted by Gasteiger charge is -2.28. The number of benzene rings is 1. The van der Waals surface area contributed by atoms with Gasteiger partial charge in [0.15, 0.2) is 0 Å². The molecule has 0 radical (unpaired) electrons. The van der Waals surface area contributed by atoms with Crippen molar-refractivity contribution < 1.29 is 4.79 Å². The SMILES string of the molecule is Cn1cnc(C(=O)N2CCc3ccccc3C2)c1. The molecule has 0 saturated carbocycles. The van der Waals surface area contributed by atoms with Crippen molar-refractivity contribution >= 4 is 5.91 Å². The smallest absolute Gasteiger partial charge is 0.274 e. The summed E-state index contributed by atoms with van der Waals surface area (Å²) in [5.41, 5.74) is 3.12. The Hall–Kier alpha value is -2.10. The van der Waals surface area contributed by atoms with Gasteiger partial charge in [-0.2, -0.15) is 0 Å². The molecule has 1 aromatic heterocycles. The normalized spacial score (nSPS) is 14.4. The van der Waals surface area contributed by atoms with Crippen LogP contribution in [0.25, 0.3) is 0 Å². The molecule has 0 N–H and O–H groups in total. The van der Waals surface area contributed by atoms with Gasteiger partial charge in [-0.3, -0.25) is 4.79 Å². The molecule has 2 aromatic rings. The summed E-state index contributed by atoms with van der Waals surface area (Å²) >= 11 is 0. The van der Waals surface area contributed by atoms with Crippen molar-refractivity contribution in [1.29, 1.82) is 0 Å². The third-order valence-corrected chi connectivity index (χ3v) is 3.34. The van der Waals surface area contributed by atoms with Crippen molar-refractivity contribution in [3.8, 4) is 0 Å².